The quantitative estimate of drug-likeness (QED) is 0.814. The van der Waals surface area contributed by atoms with Gasteiger partial charge in [-0.15, -0.1) is 0 Å². The summed E-state index contributed by atoms with van der Waals surface area (Å²) in [5, 5.41) is 10.1. The second-order valence-corrected chi connectivity index (χ2v) is 5.37. The first-order chi connectivity index (χ1) is 8.09. The van der Waals surface area contributed by atoms with Gasteiger partial charge in [0.15, 0.2) is 0 Å². The first-order valence-electron chi connectivity index (χ1n) is 5.61. The molecule has 0 heterocycles. The van der Waals surface area contributed by atoms with Crippen molar-refractivity contribution in [3.63, 3.8) is 0 Å². The number of phenols is 1. The van der Waals surface area contributed by atoms with Gasteiger partial charge in [-0.1, -0.05) is 30.3 Å². The van der Waals surface area contributed by atoms with Gasteiger partial charge in [-0.25, -0.2) is 0 Å². The van der Waals surface area contributed by atoms with Crippen LogP contribution in [0.15, 0.2) is 36.4 Å². The topological polar surface area (TPSA) is 20.2 Å². The lowest BCUT2D eigenvalue weighted by Gasteiger charge is -2.12. The molecular weight excluding hydrogens is 323 g/mol. The van der Waals surface area contributed by atoms with Crippen LogP contribution in [-0.2, 0) is 6.42 Å². The molecule has 88 valence electrons. The van der Waals surface area contributed by atoms with Crippen LogP contribution in [0.4, 0.5) is 0 Å². The summed E-state index contributed by atoms with van der Waals surface area (Å²) in [7, 11) is 0. The largest absolute Gasteiger partial charge is 0.508 e. The van der Waals surface area contributed by atoms with Crippen molar-refractivity contribution < 1.29 is 5.11 Å². The van der Waals surface area contributed by atoms with Gasteiger partial charge in [0.25, 0.3) is 0 Å². The average Bonchev–Trinajstić information content (AvgIpc) is 2.33. The van der Waals surface area contributed by atoms with Gasteiger partial charge in [0.1, 0.15) is 5.75 Å². The number of aryl methyl sites for hydroxylation is 1. The van der Waals surface area contributed by atoms with Gasteiger partial charge in [-0.2, -0.15) is 0 Å². The third-order valence-electron chi connectivity index (χ3n) is 3.01. The molecule has 2 heteroatoms. The van der Waals surface area contributed by atoms with Gasteiger partial charge in [0.05, 0.1) is 0 Å². The third-order valence-corrected chi connectivity index (χ3v) is 4.67. The molecule has 0 radical (unpaired) electrons. The normalized spacial score (nSPS) is 10.5. The predicted molar refractivity (Wildman–Crippen MR) is 79.5 cm³/mol. The third kappa shape index (κ3) is 2.63. The number of rotatable bonds is 2. The molecule has 2 rings (SSSR count). The van der Waals surface area contributed by atoms with Crippen molar-refractivity contribution in [3.8, 4) is 5.75 Å². The van der Waals surface area contributed by atoms with Gasteiger partial charge in [-0.05, 0) is 59.2 Å². The van der Waals surface area contributed by atoms with E-state index in [0.717, 1.165) is 17.5 Å². The number of phenolic OH excluding ortho intramolecular Hbond substituents is 1. The van der Waals surface area contributed by atoms with Crippen LogP contribution < -0.4 is 0 Å². The Morgan fingerprint density at radius 1 is 1.12 bits per heavy atom. The Bertz CT molecular complexity index is 532. The molecule has 0 saturated carbocycles. The molecule has 0 atom stereocenters. The number of aromatic hydroxyl groups is 1. The molecule has 0 aliphatic heterocycles. The molecular formula is C15H15IO. The van der Waals surface area contributed by atoms with Crippen LogP contribution >= 0.6 is 22.6 Å². The van der Waals surface area contributed by atoms with Gasteiger partial charge in [0, 0.05) is 15.6 Å². The minimum Gasteiger partial charge on any atom is -0.508 e. The first-order valence-corrected chi connectivity index (χ1v) is 6.69. The van der Waals surface area contributed by atoms with E-state index in [9.17, 15) is 5.11 Å². The van der Waals surface area contributed by atoms with Crippen LogP contribution in [0, 0.1) is 17.4 Å². The van der Waals surface area contributed by atoms with Gasteiger partial charge in [0.2, 0.25) is 0 Å². The summed E-state index contributed by atoms with van der Waals surface area (Å²) in [6.45, 7) is 4.10. The van der Waals surface area contributed by atoms with Crippen molar-refractivity contribution in [1.82, 2.24) is 0 Å². The van der Waals surface area contributed by atoms with Crippen molar-refractivity contribution in [2.24, 2.45) is 0 Å². The summed E-state index contributed by atoms with van der Waals surface area (Å²) in [6.07, 6.45) is 0.786. The highest BCUT2D eigenvalue weighted by atomic mass is 127. The van der Waals surface area contributed by atoms with Crippen LogP contribution in [-0.4, -0.2) is 5.11 Å². The maximum atomic E-state index is 10.1. The van der Waals surface area contributed by atoms with Crippen molar-refractivity contribution in [2.75, 3.05) is 0 Å². The first kappa shape index (κ1) is 12.4. The molecule has 0 aliphatic rings. The summed E-state index contributed by atoms with van der Waals surface area (Å²) in [5.41, 5.74) is 4.58. The van der Waals surface area contributed by atoms with Crippen molar-refractivity contribution in [3.05, 3.63) is 62.2 Å². The SMILES string of the molecule is Cc1cc(O)c(Cc2ccccc2)c(C)c1I. The maximum Gasteiger partial charge on any atom is 0.119 e. The Hall–Kier alpha value is -1.03. The molecule has 0 amide bonds. The summed E-state index contributed by atoms with van der Waals surface area (Å²) in [5.74, 6) is 0.407. The van der Waals surface area contributed by atoms with Crippen molar-refractivity contribution in [1.29, 1.82) is 0 Å². The summed E-state index contributed by atoms with van der Waals surface area (Å²) in [6, 6.07) is 12.1. The van der Waals surface area contributed by atoms with Crippen molar-refractivity contribution in [2.45, 2.75) is 20.3 Å². The van der Waals surface area contributed by atoms with Crippen LogP contribution in [0.1, 0.15) is 22.3 Å². The molecule has 2 aromatic carbocycles. The molecule has 1 nitrogen and oxygen atoms in total. The zero-order chi connectivity index (χ0) is 12.4. The molecule has 1 N–H and O–H groups in total. The lowest BCUT2D eigenvalue weighted by Crippen LogP contribution is -1.97. The van der Waals surface area contributed by atoms with Crippen LogP contribution in [0.5, 0.6) is 5.75 Å². The molecule has 0 aromatic heterocycles. The lowest BCUT2D eigenvalue weighted by molar-refractivity contribution is 0.468. The Kier molecular flexibility index (Phi) is 3.72. The molecule has 0 saturated heterocycles. The minimum atomic E-state index is 0.407. The molecule has 17 heavy (non-hydrogen) atoms. The predicted octanol–water partition coefficient (Wildman–Crippen LogP) is 4.20. The Morgan fingerprint density at radius 3 is 2.41 bits per heavy atom. The second-order valence-electron chi connectivity index (χ2n) is 4.29. The summed E-state index contributed by atoms with van der Waals surface area (Å²) in [4.78, 5) is 0. The van der Waals surface area contributed by atoms with Crippen molar-refractivity contribution >= 4 is 22.6 Å². The molecule has 0 spiro atoms. The monoisotopic (exact) mass is 338 g/mol. The van der Waals surface area contributed by atoms with Crippen LogP contribution in [0.25, 0.3) is 0 Å². The van der Waals surface area contributed by atoms with Gasteiger partial charge in [-0.3, -0.25) is 0 Å². The average molecular weight is 338 g/mol. The van der Waals surface area contributed by atoms with Gasteiger partial charge >= 0.3 is 0 Å². The van der Waals surface area contributed by atoms with E-state index < -0.39 is 0 Å². The Morgan fingerprint density at radius 2 is 1.76 bits per heavy atom. The number of hydrogen-bond acceptors (Lipinski definition) is 1. The van der Waals surface area contributed by atoms with Crippen LogP contribution in [0.2, 0.25) is 0 Å². The highest BCUT2D eigenvalue weighted by molar-refractivity contribution is 14.1. The molecule has 0 fully saturated rings. The smallest absolute Gasteiger partial charge is 0.119 e. The van der Waals surface area contributed by atoms with E-state index in [0.29, 0.717) is 5.75 Å². The van der Waals surface area contributed by atoms with E-state index in [-0.39, 0.29) is 0 Å². The zero-order valence-electron chi connectivity index (χ0n) is 10.00. The number of halogens is 1. The standard InChI is InChI=1S/C15H15IO/c1-10-8-14(17)13(11(2)15(10)16)9-12-6-4-3-5-7-12/h3-8,17H,9H2,1-2H3. The molecule has 0 aliphatic carbocycles. The Labute approximate surface area is 116 Å². The molecule has 2 aromatic rings. The summed E-state index contributed by atoms with van der Waals surface area (Å²) < 4.78 is 1.24. The van der Waals surface area contributed by atoms with E-state index in [1.54, 1.807) is 0 Å². The molecule has 0 bridgehead atoms. The van der Waals surface area contributed by atoms with E-state index in [2.05, 4.69) is 41.6 Å². The maximum absolute atomic E-state index is 10.1. The lowest BCUT2D eigenvalue weighted by atomic mass is 9.98. The highest BCUT2D eigenvalue weighted by Crippen LogP contribution is 2.30. The zero-order valence-corrected chi connectivity index (χ0v) is 12.2. The van der Waals surface area contributed by atoms with E-state index in [1.165, 1.54) is 14.7 Å². The van der Waals surface area contributed by atoms with E-state index in [4.69, 9.17) is 0 Å². The fraction of sp³-hybridized carbons (Fsp3) is 0.200. The Balaban J connectivity index is 2.43. The number of benzene rings is 2. The van der Waals surface area contributed by atoms with E-state index in [1.807, 2.05) is 31.2 Å². The molecule has 0 unspecified atom stereocenters. The van der Waals surface area contributed by atoms with Crippen LogP contribution in [0.3, 0.4) is 0 Å². The fourth-order valence-electron chi connectivity index (χ4n) is 2.00. The highest BCUT2D eigenvalue weighted by Gasteiger charge is 2.11. The summed E-state index contributed by atoms with van der Waals surface area (Å²) >= 11 is 2.34. The fourth-order valence-corrected chi connectivity index (χ4v) is 2.48. The minimum absolute atomic E-state index is 0.407. The second kappa shape index (κ2) is 5.08. The van der Waals surface area contributed by atoms with E-state index >= 15 is 0 Å². The number of hydrogen-bond donors (Lipinski definition) is 1. The van der Waals surface area contributed by atoms with Gasteiger partial charge < -0.3 is 5.11 Å².